The van der Waals surface area contributed by atoms with Gasteiger partial charge in [-0.05, 0) is 42.6 Å². The normalized spacial score (nSPS) is 39.0. The first-order chi connectivity index (χ1) is 17.7. The summed E-state index contributed by atoms with van der Waals surface area (Å²) in [7, 11) is 0. The van der Waals surface area contributed by atoms with Crippen LogP contribution in [0, 0.1) is 34.0 Å². The predicted molar refractivity (Wildman–Crippen MR) is 131 cm³/mol. The Balaban J connectivity index is 2.00. The first kappa shape index (κ1) is 28.1. The van der Waals surface area contributed by atoms with E-state index in [-0.39, 0.29) is 19.1 Å². The Hall–Kier alpha value is -2.91. The van der Waals surface area contributed by atoms with Crippen molar-refractivity contribution in [2.24, 2.45) is 34.0 Å². The molecule has 10 nitrogen and oxygen atoms in total. The van der Waals surface area contributed by atoms with Crippen LogP contribution in [0.1, 0.15) is 67.2 Å². The van der Waals surface area contributed by atoms with E-state index in [4.69, 9.17) is 23.7 Å². The third kappa shape index (κ3) is 4.29. The maximum atomic E-state index is 13.9. The Morgan fingerprint density at radius 1 is 0.974 bits per heavy atom. The number of carbonyl (C=O) groups excluding carboxylic acids is 5. The van der Waals surface area contributed by atoms with Gasteiger partial charge < -0.3 is 23.7 Å². The molecule has 1 saturated heterocycles. The second-order valence-electron chi connectivity index (χ2n) is 12.0. The van der Waals surface area contributed by atoms with Crippen LogP contribution in [0.5, 0.6) is 0 Å². The van der Waals surface area contributed by atoms with E-state index >= 15 is 0 Å². The Bertz CT molecular complexity index is 1060. The van der Waals surface area contributed by atoms with Crippen LogP contribution in [-0.4, -0.2) is 61.4 Å². The maximum Gasteiger partial charge on any atom is 0.316 e. The van der Waals surface area contributed by atoms with Crippen molar-refractivity contribution >= 4 is 29.8 Å². The van der Waals surface area contributed by atoms with Gasteiger partial charge in [-0.3, -0.25) is 24.0 Å². The molecule has 4 fully saturated rings. The van der Waals surface area contributed by atoms with E-state index in [9.17, 15) is 24.0 Å². The third-order valence-corrected chi connectivity index (χ3v) is 9.37. The standard InChI is InChI=1S/C28H38O10/c1-14-19-10-20(36-16(3)30)23-27(11-19,24(14)38-18(5)32)25(33)35-13-28(23)21(12-34-15(2)29)26(6,7)9-8-22(28)37-17(4)31/h19-24H,1,8-13H2,2-7H3/t19-,20-,21-,22+,23-,24-,27+,28+/m1/s1. The van der Waals surface area contributed by atoms with Crippen molar-refractivity contribution in [1.82, 2.24) is 0 Å². The zero-order valence-electron chi connectivity index (χ0n) is 23.0. The minimum Gasteiger partial charge on any atom is -0.466 e. The highest BCUT2D eigenvalue weighted by atomic mass is 16.6. The van der Waals surface area contributed by atoms with Crippen LogP contribution in [0.15, 0.2) is 12.2 Å². The average Bonchev–Trinajstić information content (AvgIpc) is 2.99. The molecule has 10 heteroatoms. The van der Waals surface area contributed by atoms with Gasteiger partial charge in [0.15, 0.2) is 0 Å². The van der Waals surface area contributed by atoms with Crippen molar-refractivity contribution in [2.75, 3.05) is 13.2 Å². The molecule has 4 rings (SSSR count). The summed E-state index contributed by atoms with van der Waals surface area (Å²) in [6, 6.07) is 0. The molecule has 3 saturated carbocycles. The molecule has 1 heterocycles. The second kappa shape index (κ2) is 9.68. The van der Waals surface area contributed by atoms with E-state index in [1.165, 1.54) is 27.7 Å². The zero-order valence-corrected chi connectivity index (χ0v) is 23.0. The van der Waals surface area contributed by atoms with Crippen molar-refractivity contribution in [1.29, 1.82) is 0 Å². The summed E-state index contributed by atoms with van der Waals surface area (Å²) in [4.78, 5) is 62.9. The van der Waals surface area contributed by atoms with Gasteiger partial charge in [-0.25, -0.2) is 0 Å². The smallest absolute Gasteiger partial charge is 0.316 e. The molecule has 1 aliphatic heterocycles. The molecule has 8 atom stereocenters. The van der Waals surface area contributed by atoms with Gasteiger partial charge >= 0.3 is 29.8 Å². The monoisotopic (exact) mass is 534 g/mol. The molecule has 0 aromatic rings. The largest absolute Gasteiger partial charge is 0.466 e. The number of carbonyl (C=O) groups is 5. The summed E-state index contributed by atoms with van der Waals surface area (Å²) in [5.41, 5.74) is -2.39. The van der Waals surface area contributed by atoms with Crippen LogP contribution in [0.4, 0.5) is 0 Å². The predicted octanol–water partition coefficient (Wildman–Crippen LogP) is 2.91. The van der Waals surface area contributed by atoms with E-state index in [2.05, 4.69) is 6.58 Å². The molecule has 2 bridgehead atoms. The number of hydrogen-bond acceptors (Lipinski definition) is 10. The van der Waals surface area contributed by atoms with Gasteiger partial charge in [0.05, 0.1) is 12.0 Å². The molecule has 0 aromatic heterocycles. The molecule has 0 amide bonds. The first-order valence-corrected chi connectivity index (χ1v) is 13.2. The highest BCUT2D eigenvalue weighted by Gasteiger charge is 2.78. The van der Waals surface area contributed by atoms with Crippen molar-refractivity contribution < 1.29 is 47.7 Å². The molecular weight excluding hydrogens is 496 g/mol. The molecule has 0 N–H and O–H groups in total. The van der Waals surface area contributed by atoms with Crippen LogP contribution < -0.4 is 0 Å². The van der Waals surface area contributed by atoms with Crippen LogP contribution in [0.3, 0.4) is 0 Å². The van der Waals surface area contributed by atoms with E-state index in [1.807, 2.05) is 13.8 Å². The molecule has 2 spiro atoms. The molecule has 0 aromatic carbocycles. The summed E-state index contributed by atoms with van der Waals surface area (Å²) >= 11 is 0. The molecule has 4 aliphatic rings. The fourth-order valence-electron chi connectivity index (χ4n) is 8.16. The van der Waals surface area contributed by atoms with E-state index < -0.39 is 76.2 Å². The number of rotatable bonds is 5. The number of ether oxygens (including phenoxy) is 5. The Morgan fingerprint density at radius 3 is 2.18 bits per heavy atom. The second-order valence-corrected chi connectivity index (χ2v) is 12.0. The highest BCUT2D eigenvalue weighted by molar-refractivity contribution is 5.83. The van der Waals surface area contributed by atoms with Gasteiger partial charge in [0, 0.05) is 39.5 Å². The summed E-state index contributed by atoms with van der Waals surface area (Å²) in [5.74, 6) is -4.10. The van der Waals surface area contributed by atoms with Gasteiger partial charge in [-0.2, -0.15) is 0 Å². The van der Waals surface area contributed by atoms with Crippen molar-refractivity contribution in [3.8, 4) is 0 Å². The highest BCUT2D eigenvalue weighted by Crippen LogP contribution is 2.70. The van der Waals surface area contributed by atoms with Crippen LogP contribution in [0.25, 0.3) is 0 Å². The average molecular weight is 535 g/mol. The summed E-state index contributed by atoms with van der Waals surface area (Å²) in [6.45, 7) is 13.3. The van der Waals surface area contributed by atoms with Gasteiger partial charge in [0.2, 0.25) is 0 Å². The van der Waals surface area contributed by atoms with Crippen molar-refractivity contribution in [3.05, 3.63) is 12.2 Å². The Morgan fingerprint density at radius 2 is 1.61 bits per heavy atom. The van der Waals surface area contributed by atoms with Gasteiger partial charge in [-0.1, -0.05) is 20.4 Å². The minimum absolute atomic E-state index is 0.0143. The Labute approximate surface area is 222 Å². The first-order valence-electron chi connectivity index (χ1n) is 13.2. The Kier molecular flexibility index (Phi) is 7.16. The van der Waals surface area contributed by atoms with Gasteiger partial charge in [0.25, 0.3) is 0 Å². The van der Waals surface area contributed by atoms with Crippen LogP contribution in [-0.2, 0) is 47.7 Å². The van der Waals surface area contributed by atoms with E-state index in [1.54, 1.807) is 0 Å². The number of fused-ring (bicyclic) bond motifs is 2. The maximum absolute atomic E-state index is 13.9. The molecule has 0 radical (unpaired) electrons. The lowest BCUT2D eigenvalue weighted by molar-refractivity contribution is -0.278. The van der Waals surface area contributed by atoms with Crippen molar-refractivity contribution in [2.45, 2.75) is 85.5 Å². The molecule has 3 aliphatic carbocycles. The quantitative estimate of drug-likeness (QED) is 0.295. The molecule has 210 valence electrons. The lowest BCUT2D eigenvalue weighted by Crippen LogP contribution is -2.72. The van der Waals surface area contributed by atoms with Crippen LogP contribution >= 0.6 is 0 Å². The molecular formula is C28H38O10. The SMILES string of the molecule is C=C1[C@@H]2C[C@@H](OC(C)=O)[C@@H]3[C@](C2)(C(=O)OC[C@]32[C@@H](OC(C)=O)CCC(C)(C)[C@H]2COC(C)=O)[C@@H]1OC(C)=O. The molecule has 0 unspecified atom stereocenters. The third-order valence-electron chi connectivity index (χ3n) is 9.37. The molecule has 38 heavy (non-hydrogen) atoms. The fourth-order valence-corrected chi connectivity index (χ4v) is 8.16. The van der Waals surface area contributed by atoms with Crippen LogP contribution in [0.2, 0.25) is 0 Å². The minimum atomic E-state index is -1.41. The van der Waals surface area contributed by atoms with Gasteiger partial charge in [0.1, 0.15) is 30.3 Å². The summed E-state index contributed by atoms with van der Waals surface area (Å²) in [6.07, 6.45) is -0.743. The number of cyclic esters (lactones) is 1. The topological polar surface area (TPSA) is 132 Å². The number of hydrogen-bond donors (Lipinski definition) is 0. The van der Waals surface area contributed by atoms with E-state index in [0.29, 0.717) is 31.3 Å². The lowest BCUT2D eigenvalue weighted by atomic mass is 9.43. The summed E-state index contributed by atoms with van der Waals surface area (Å²) < 4.78 is 29.2. The number of esters is 5. The zero-order chi connectivity index (χ0) is 28.2. The lowest BCUT2D eigenvalue weighted by Gasteiger charge is -2.64. The van der Waals surface area contributed by atoms with Crippen molar-refractivity contribution in [3.63, 3.8) is 0 Å². The van der Waals surface area contributed by atoms with Gasteiger partial charge in [-0.15, -0.1) is 0 Å². The fraction of sp³-hybridized carbons (Fsp3) is 0.750. The van der Waals surface area contributed by atoms with E-state index in [0.717, 1.165) is 0 Å². The summed E-state index contributed by atoms with van der Waals surface area (Å²) in [5, 5.41) is 0.